The van der Waals surface area contributed by atoms with Gasteiger partial charge in [0.05, 0.1) is 24.2 Å². The van der Waals surface area contributed by atoms with Crippen molar-refractivity contribution >= 4 is 14.3 Å². The summed E-state index contributed by atoms with van der Waals surface area (Å²) >= 11 is 0. The van der Waals surface area contributed by atoms with Crippen LogP contribution in [0.5, 0.6) is 0 Å². The Hall–Kier alpha value is -0.473. The van der Waals surface area contributed by atoms with Crippen molar-refractivity contribution in [3.05, 3.63) is 0 Å². The van der Waals surface area contributed by atoms with E-state index in [2.05, 4.69) is 40.8 Å². The number of esters is 1. The van der Waals surface area contributed by atoms with Crippen LogP contribution in [-0.4, -0.2) is 59.7 Å². The third kappa shape index (κ3) is 7.31. The van der Waals surface area contributed by atoms with Crippen LogP contribution < -0.4 is 0 Å². The summed E-state index contributed by atoms with van der Waals surface area (Å²) in [5.74, 6) is 0.0787. The fourth-order valence-corrected chi connectivity index (χ4v) is 4.55. The van der Waals surface area contributed by atoms with Gasteiger partial charge in [-0.25, -0.2) is 0 Å². The Labute approximate surface area is 179 Å². The molecule has 5 atom stereocenters. The van der Waals surface area contributed by atoms with E-state index in [0.29, 0.717) is 13.0 Å². The summed E-state index contributed by atoms with van der Waals surface area (Å²) in [6.45, 7) is 19.1. The standard InChI is InChI=1S/C22H44O6Si/c1-15-14-17(24-8)27-18(15)19(25-9)16(28-29(10,11)22(5,6)7)12-13-26-20(23)21(2,3)4/h15-19H,12-14H2,1-11H3/t15-,16-,17-,18+,19+/m1/s1. The minimum atomic E-state index is -2.07. The van der Waals surface area contributed by atoms with Crippen LogP contribution in [0, 0.1) is 11.3 Å². The third-order valence-corrected chi connectivity index (χ3v) is 10.7. The minimum absolute atomic E-state index is 0.0584. The van der Waals surface area contributed by atoms with Crippen LogP contribution in [0.15, 0.2) is 0 Å². The maximum absolute atomic E-state index is 12.2. The molecule has 1 rings (SSSR count). The predicted octanol–water partition coefficient (Wildman–Crippen LogP) is 4.77. The van der Waals surface area contributed by atoms with Gasteiger partial charge in [0.1, 0.15) is 6.10 Å². The molecule has 0 saturated carbocycles. The molecule has 6 nitrogen and oxygen atoms in total. The zero-order chi connectivity index (χ0) is 22.6. The van der Waals surface area contributed by atoms with Gasteiger partial charge in [-0.1, -0.05) is 27.7 Å². The van der Waals surface area contributed by atoms with Crippen molar-refractivity contribution in [3.8, 4) is 0 Å². The molecular formula is C22H44O6Si. The van der Waals surface area contributed by atoms with Crippen LogP contribution in [0.3, 0.4) is 0 Å². The zero-order valence-corrected chi connectivity index (χ0v) is 21.5. The first kappa shape index (κ1) is 26.6. The van der Waals surface area contributed by atoms with Crippen LogP contribution >= 0.6 is 0 Å². The van der Waals surface area contributed by atoms with Crippen molar-refractivity contribution < 1.29 is 28.2 Å². The molecule has 1 heterocycles. The largest absolute Gasteiger partial charge is 0.465 e. The van der Waals surface area contributed by atoms with Crippen molar-refractivity contribution in [3.63, 3.8) is 0 Å². The highest BCUT2D eigenvalue weighted by Gasteiger charge is 2.46. The summed E-state index contributed by atoms with van der Waals surface area (Å²) in [4.78, 5) is 12.2. The Morgan fingerprint density at radius 2 is 1.72 bits per heavy atom. The molecule has 1 saturated heterocycles. The van der Waals surface area contributed by atoms with E-state index in [4.69, 9.17) is 23.4 Å². The summed E-state index contributed by atoms with van der Waals surface area (Å²) in [5, 5.41) is 0.0584. The van der Waals surface area contributed by atoms with E-state index in [9.17, 15) is 4.79 Å². The Kier molecular flexibility index (Phi) is 9.36. The maximum Gasteiger partial charge on any atom is 0.311 e. The summed E-state index contributed by atoms with van der Waals surface area (Å²) in [5.41, 5.74) is -0.523. The van der Waals surface area contributed by atoms with Crippen LogP contribution in [0.1, 0.15) is 61.3 Å². The quantitative estimate of drug-likeness (QED) is 0.386. The molecule has 7 heteroatoms. The lowest BCUT2D eigenvalue weighted by molar-refractivity contribution is -0.167. The summed E-state index contributed by atoms with van der Waals surface area (Å²) < 4.78 is 29.7. The highest BCUT2D eigenvalue weighted by Crippen LogP contribution is 2.40. The van der Waals surface area contributed by atoms with Crippen LogP contribution in [0.4, 0.5) is 0 Å². The highest BCUT2D eigenvalue weighted by atomic mass is 28.4. The first-order chi connectivity index (χ1) is 13.1. The lowest BCUT2D eigenvalue weighted by atomic mass is 9.94. The van der Waals surface area contributed by atoms with E-state index in [1.807, 2.05) is 20.8 Å². The second-order valence-electron chi connectivity index (χ2n) is 10.8. The van der Waals surface area contributed by atoms with Gasteiger partial charge < -0.3 is 23.4 Å². The van der Waals surface area contributed by atoms with E-state index in [1.54, 1.807) is 14.2 Å². The van der Waals surface area contributed by atoms with Gasteiger partial charge in [-0.2, -0.15) is 0 Å². The van der Waals surface area contributed by atoms with E-state index in [0.717, 1.165) is 6.42 Å². The highest BCUT2D eigenvalue weighted by molar-refractivity contribution is 6.74. The minimum Gasteiger partial charge on any atom is -0.465 e. The second-order valence-corrected chi connectivity index (χ2v) is 15.5. The summed E-state index contributed by atoms with van der Waals surface area (Å²) in [6.07, 6.45) is 0.562. The Morgan fingerprint density at radius 3 is 2.14 bits per heavy atom. The predicted molar refractivity (Wildman–Crippen MR) is 117 cm³/mol. The van der Waals surface area contributed by atoms with E-state index in [1.165, 1.54) is 0 Å². The Balaban J connectivity index is 3.00. The summed E-state index contributed by atoms with van der Waals surface area (Å²) in [6, 6.07) is 0. The lowest BCUT2D eigenvalue weighted by Gasteiger charge is -2.42. The molecule has 0 unspecified atom stereocenters. The zero-order valence-electron chi connectivity index (χ0n) is 20.5. The average molecular weight is 433 g/mol. The molecule has 172 valence electrons. The smallest absolute Gasteiger partial charge is 0.311 e. The molecule has 0 bridgehead atoms. The number of hydrogen-bond acceptors (Lipinski definition) is 6. The fourth-order valence-electron chi connectivity index (χ4n) is 3.18. The molecule has 0 aliphatic carbocycles. The number of hydrogen-bond donors (Lipinski definition) is 0. The van der Waals surface area contributed by atoms with Gasteiger partial charge in [-0.3, -0.25) is 4.79 Å². The number of ether oxygens (including phenoxy) is 4. The molecule has 1 fully saturated rings. The second kappa shape index (κ2) is 10.2. The molecule has 0 amide bonds. The molecule has 0 aromatic rings. The lowest BCUT2D eigenvalue weighted by Crippen LogP contribution is -2.51. The number of carbonyl (C=O) groups is 1. The first-order valence-corrected chi connectivity index (χ1v) is 13.6. The number of rotatable bonds is 9. The van der Waals surface area contributed by atoms with Gasteiger partial charge in [0.25, 0.3) is 0 Å². The van der Waals surface area contributed by atoms with Crippen molar-refractivity contribution in [1.29, 1.82) is 0 Å². The van der Waals surface area contributed by atoms with Gasteiger partial charge in [0.2, 0.25) is 0 Å². The normalized spacial score (nSPS) is 25.7. The van der Waals surface area contributed by atoms with E-state index < -0.39 is 13.7 Å². The fraction of sp³-hybridized carbons (Fsp3) is 0.955. The van der Waals surface area contributed by atoms with Crippen molar-refractivity contribution in [2.75, 3.05) is 20.8 Å². The Morgan fingerprint density at radius 1 is 1.14 bits per heavy atom. The van der Waals surface area contributed by atoms with Crippen LogP contribution in [0.2, 0.25) is 18.1 Å². The number of carbonyl (C=O) groups excluding carboxylic acids is 1. The van der Waals surface area contributed by atoms with Crippen molar-refractivity contribution in [1.82, 2.24) is 0 Å². The van der Waals surface area contributed by atoms with Gasteiger partial charge in [0.15, 0.2) is 14.6 Å². The third-order valence-electron chi connectivity index (χ3n) is 6.16. The molecule has 0 aromatic carbocycles. The molecule has 0 spiro atoms. The van der Waals surface area contributed by atoms with Gasteiger partial charge in [-0.15, -0.1) is 0 Å². The molecule has 0 aromatic heterocycles. The summed E-state index contributed by atoms with van der Waals surface area (Å²) in [7, 11) is 1.30. The monoisotopic (exact) mass is 432 g/mol. The van der Waals surface area contributed by atoms with E-state index in [-0.39, 0.29) is 41.5 Å². The van der Waals surface area contributed by atoms with Crippen LogP contribution in [0.25, 0.3) is 0 Å². The SMILES string of the molecule is CO[C@H]1C[C@@H](C)[C@@H]([C@@H](OC)[C@@H](CCOC(=O)C(C)(C)C)O[Si](C)(C)C(C)(C)C)O1. The number of methoxy groups -OCH3 is 2. The van der Waals surface area contributed by atoms with Gasteiger partial charge in [-0.05, 0) is 44.8 Å². The molecule has 1 aliphatic rings. The molecular weight excluding hydrogens is 388 g/mol. The van der Waals surface area contributed by atoms with Crippen molar-refractivity contribution in [2.45, 2.75) is 104 Å². The van der Waals surface area contributed by atoms with Crippen LogP contribution in [-0.2, 0) is 28.2 Å². The first-order valence-electron chi connectivity index (χ1n) is 10.7. The molecule has 29 heavy (non-hydrogen) atoms. The van der Waals surface area contributed by atoms with Gasteiger partial charge >= 0.3 is 5.97 Å². The molecule has 0 radical (unpaired) electrons. The molecule has 0 N–H and O–H groups in total. The Bertz CT molecular complexity index is 522. The van der Waals surface area contributed by atoms with E-state index >= 15 is 0 Å². The topological polar surface area (TPSA) is 63.2 Å². The van der Waals surface area contributed by atoms with Crippen molar-refractivity contribution in [2.24, 2.45) is 11.3 Å². The molecule has 1 aliphatic heterocycles. The average Bonchev–Trinajstić information content (AvgIpc) is 2.94. The van der Waals surface area contributed by atoms with Gasteiger partial charge in [0, 0.05) is 27.1 Å². The maximum atomic E-state index is 12.2.